The number of benzene rings is 1. The van der Waals surface area contributed by atoms with Gasteiger partial charge in [-0.25, -0.2) is 4.98 Å². The third-order valence-electron chi connectivity index (χ3n) is 2.01. The molecule has 2 rings (SSSR count). The monoisotopic (exact) mass is 226 g/mol. The summed E-state index contributed by atoms with van der Waals surface area (Å²) in [5.41, 5.74) is 2.20. The van der Waals surface area contributed by atoms with Gasteiger partial charge in [0, 0.05) is 6.92 Å². The number of hydrogen-bond acceptors (Lipinski definition) is 4. The van der Waals surface area contributed by atoms with Gasteiger partial charge in [0.1, 0.15) is 5.69 Å². The predicted molar refractivity (Wildman–Crippen MR) is 63.0 cm³/mol. The number of ether oxygens (including phenoxy) is 1. The molecule has 0 aliphatic heterocycles. The molecule has 1 aromatic heterocycles. The van der Waals surface area contributed by atoms with Crippen LogP contribution in [-0.2, 0) is 9.53 Å². The van der Waals surface area contributed by atoms with Gasteiger partial charge >= 0.3 is 5.97 Å². The number of fused-ring (bicyclic) bond motifs is 1. The first-order chi connectivity index (χ1) is 8.25. The van der Waals surface area contributed by atoms with Crippen LogP contribution in [0.4, 0.5) is 0 Å². The van der Waals surface area contributed by atoms with Crippen molar-refractivity contribution in [2.45, 2.75) is 6.92 Å². The van der Waals surface area contributed by atoms with E-state index in [2.05, 4.69) is 21.8 Å². The van der Waals surface area contributed by atoms with Gasteiger partial charge in [0.15, 0.2) is 6.61 Å². The molecule has 0 radical (unpaired) electrons. The number of carbonyl (C=O) groups is 1. The molecule has 0 saturated carbocycles. The highest BCUT2D eigenvalue weighted by Crippen LogP contribution is 2.07. The van der Waals surface area contributed by atoms with Crippen LogP contribution in [0.25, 0.3) is 11.0 Å². The fourth-order valence-corrected chi connectivity index (χ4v) is 1.28. The maximum Gasteiger partial charge on any atom is 0.303 e. The Balaban J connectivity index is 2.16. The van der Waals surface area contributed by atoms with E-state index in [9.17, 15) is 4.79 Å². The molecule has 17 heavy (non-hydrogen) atoms. The topological polar surface area (TPSA) is 52.1 Å². The van der Waals surface area contributed by atoms with Gasteiger partial charge in [-0.2, -0.15) is 0 Å². The third kappa shape index (κ3) is 3.02. The zero-order chi connectivity index (χ0) is 12.1. The fourth-order valence-electron chi connectivity index (χ4n) is 1.28. The molecule has 0 saturated heterocycles. The van der Waals surface area contributed by atoms with Crippen molar-refractivity contribution in [1.29, 1.82) is 0 Å². The minimum atomic E-state index is -0.344. The van der Waals surface area contributed by atoms with Gasteiger partial charge in [-0.15, -0.1) is 0 Å². The summed E-state index contributed by atoms with van der Waals surface area (Å²) in [5, 5.41) is 0. The average Bonchev–Trinajstić information content (AvgIpc) is 2.34. The zero-order valence-electron chi connectivity index (χ0n) is 9.30. The minimum absolute atomic E-state index is 0.0733. The van der Waals surface area contributed by atoms with E-state index < -0.39 is 0 Å². The van der Waals surface area contributed by atoms with Gasteiger partial charge in [-0.3, -0.25) is 9.78 Å². The maximum absolute atomic E-state index is 10.5. The molecule has 0 aliphatic rings. The molecule has 0 aliphatic carbocycles. The quantitative estimate of drug-likeness (QED) is 0.546. The number of hydrogen-bond donors (Lipinski definition) is 0. The van der Waals surface area contributed by atoms with E-state index in [-0.39, 0.29) is 12.6 Å². The van der Waals surface area contributed by atoms with E-state index in [4.69, 9.17) is 4.74 Å². The third-order valence-corrected chi connectivity index (χ3v) is 2.01. The first-order valence-corrected chi connectivity index (χ1v) is 5.10. The molecule has 0 unspecified atom stereocenters. The Morgan fingerprint density at radius 1 is 1.35 bits per heavy atom. The lowest BCUT2D eigenvalue weighted by molar-refractivity contribution is -0.139. The summed E-state index contributed by atoms with van der Waals surface area (Å²) in [7, 11) is 0. The van der Waals surface area contributed by atoms with Gasteiger partial charge in [-0.1, -0.05) is 18.1 Å². The van der Waals surface area contributed by atoms with E-state index in [0.29, 0.717) is 5.69 Å². The van der Waals surface area contributed by atoms with Gasteiger partial charge in [0.25, 0.3) is 0 Å². The van der Waals surface area contributed by atoms with Crippen molar-refractivity contribution in [2.24, 2.45) is 0 Å². The van der Waals surface area contributed by atoms with Gasteiger partial charge in [0.2, 0.25) is 0 Å². The van der Waals surface area contributed by atoms with Crippen LogP contribution in [0.1, 0.15) is 12.6 Å². The molecule has 0 N–H and O–H groups in total. The number of aromatic nitrogens is 2. The molecule has 0 fully saturated rings. The van der Waals surface area contributed by atoms with Crippen LogP contribution in [0.15, 0.2) is 30.5 Å². The van der Waals surface area contributed by atoms with Gasteiger partial charge in [0.05, 0.1) is 17.2 Å². The first kappa shape index (κ1) is 11.1. The highest BCUT2D eigenvalue weighted by Gasteiger charge is 1.95. The van der Waals surface area contributed by atoms with Crippen LogP contribution < -0.4 is 0 Å². The summed E-state index contributed by atoms with van der Waals surface area (Å²) in [6, 6.07) is 7.56. The van der Waals surface area contributed by atoms with Crippen molar-refractivity contribution in [3.05, 3.63) is 36.2 Å². The Hall–Kier alpha value is -2.41. The number of rotatable bonds is 1. The van der Waals surface area contributed by atoms with Crippen molar-refractivity contribution < 1.29 is 9.53 Å². The molecular weight excluding hydrogens is 216 g/mol. The van der Waals surface area contributed by atoms with E-state index in [0.717, 1.165) is 11.0 Å². The molecular formula is C13H10N2O2. The van der Waals surface area contributed by atoms with Crippen LogP contribution in [0.2, 0.25) is 0 Å². The molecule has 0 amide bonds. The Kier molecular flexibility index (Phi) is 3.31. The second kappa shape index (κ2) is 5.08. The molecule has 4 nitrogen and oxygen atoms in total. The number of para-hydroxylation sites is 2. The standard InChI is InChI=1S/C13H10N2O2/c1-10(16)17-8-4-5-11-9-14-12-6-2-3-7-13(12)15-11/h2-3,6-7,9H,8H2,1H3. The van der Waals surface area contributed by atoms with Crippen LogP contribution in [-0.4, -0.2) is 22.5 Å². The normalized spacial score (nSPS) is 9.47. The lowest BCUT2D eigenvalue weighted by Gasteiger charge is -1.95. The van der Waals surface area contributed by atoms with E-state index in [1.807, 2.05) is 24.3 Å². The molecule has 0 atom stereocenters. The highest BCUT2D eigenvalue weighted by molar-refractivity contribution is 5.74. The molecule has 0 bridgehead atoms. The van der Waals surface area contributed by atoms with Crippen molar-refractivity contribution >= 4 is 17.0 Å². The molecule has 2 aromatic rings. The zero-order valence-corrected chi connectivity index (χ0v) is 9.30. The first-order valence-electron chi connectivity index (χ1n) is 5.10. The van der Waals surface area contributed by atoms with Crippen molar-refractivity contribution in [1.82, 2.24) is 9.97 Å². The highest BCUT2D eigenvalue weighted by atomic mass is 16.5. The molecule has 0 spiro atoms. The van der Waals surface area contributed by atoms with Crippen LogP contribution >= 0.6 is 0 Å². The largest absolute Gasteiger partial charge is 0.453 e. The lowest BCUT2D eigenvalue weighted by Crippen LogP contribution is -1.98. The van der Waals surface area contributed by atoms with Crippen molar-refractivity contribution in [3.63, 3.8) is 0 Å². The summed E-state index contributed by atoms with van der Waals surface area (Å²) in [4.78, 5) is 19.0. The Morgan fingerprint density at radius 2 is 2.12 bits per heavy atom. The lowest BCUT2D eigenvalue weighted by atomic mass is 10.3. The number of esters is 1. The average molecular weight is 226 g/mol. The summed E-state index contributed by atoms with van der Waals surface area (Å²) in [6.45, 7) is 1.42. The van der Waals surface area contributed by atoms with E-state index in [1.54, 1.807) is 6.20 Å². The van der Waals surface area contributed by atoms with E-state index >= 15 is 0 Å². The Morgan fingerprint density at radius 3 is 2.88 bits per heavy atom. The fraction of sp³-hybridized carbons (Fsp3) is 0.154. The minimum Gasteiger partial charge on any atom is -0.453 e. The van der Waals surface area contributed by atoms with Crippen LogP contribution in [0.5, 0.6) is 0 Å². The van der Waals surface area contributed by atoms with Gasteiger partial charge < -0.3 is 4.74 Å². The smallest absolute Gasteiger partial charge is 0.303 e. The van der Waals surface area contributed by atoms with Crippen molar-refractivity contribution in [2.75, 3.05) is 6.61 Å². The SMILES string of the molecule is CC(=O)OCC#Cc1cnc2ccccc2n1. The predicted octanol–water partition coefficient (Wildman–Crippen LogP) is 1.54. The number of carbonyl (C=O) groups excluding carboxylic acids is 1. The van der Waals surface area contributed by atoms with Crippen LogP contribution in [0, 0.1) is 11.8 Å². The second-order valence-corrected chi connectivity index (χ2v) is 3.33. The van der Waals surface area contributed by atoms with Gasteiger partial charge in [-0.05, 0) is 18.1 Å². The maximum atomic E-state index is 10.5. The summed E-state index contributed by atoms with van der Waals surface area (Å²) < 4.78 is 4.69. The molecule has 1 aromatic carbocycles. The summed E-state index contributed by atoms with van der Waals surface area (Å²) >= 11 is 0. The number of nitrogens with zero attached hydrogens (tertiary/aromatic N) is 2. The summed E-state index contributed by atoms with van der Waals surface area (Å²) in [5.74, 6) is 5.15. The molecule has 84 valence electrons. The van der Waals surface area contributed by atoms with Crippen molar-refractivity contribution in [3.8, 4) is 11.8 Å². The Bertz CT molecular complexity index is 611. The van der Waals surface area contributed by atoms with Crippen LogP contribution in [0.3, 0.4) is 0 Å². The summed E-state index contributed by atoms with van der Waals surface area (Å²) in [6.07, 6.45) is 1.60. The Labute approximate surface area is 98.7 Å². The second-order valence-electron chi connectivity index (χ2n) is 3.33. The molecule has 1 heterocycles. The molecule has 4 heteroatoms. The van der Waals surface area contributed by atoms with E-state index in [1.165, 1.54) is 6.92 Å².